The second kappa shape index (κ2) is 10.8. The van der Waals surface area contributed by atoms with Crippen LogP contribution in [0.1, 0.15) is 18.9 Å². The van der Waals surface area contributed by atoms with E-state index in [2.05, 4.69) is 5.32 Å². The Morgan fingerprint density at radius 2 is 2.04 bits per heavy atom. The van der Waals surface area contributed by atoms with Crippen LogP contribution in [0.25, 0.3) is 0 Å². The van der Waals surface area contributed by atoms with Crippen molar-refractivity contribution in [3.63, 3.8) is 0 Å². The molecule has 1 aromatic carbocycles. The Kier molecular flexibility index (Phi) is 9.48. The number of carbonyl (C=O) groups is 1. The standard InChI is InChI=1S/C17H27N3O5S.ClH/c1-13(18)5-6-19-17(21)12-14-3-4-15(24-2)16(11-14)26(22,23)20-7-9-25-10-8-20;/h3-4,11,13H,5-10,12,18H2,1-2H3,(H,19,21);1H. The summed E-state index contributed by atoms with van der Waals surface area (Å²) in [5.74, 6) is 0.0862. The zero-order valence-corrected chi connectivity index (χ0v) is 17.3. The van der Waals surface area contributed by atoms with Crippen LogP contribution in [0.4, 0.5) is 0 Å². The van der Waals surface area contributed by atoms with Crippen molar-refractivity contribution in [1.82, 2.24) is 9.62 Å². The number of nitrogens with one attached hydrogen (secondary N) is 1. The minimum atomic E-state index is -3.71. The van der Waals surface area contributed by atoms with E-state index in [1.165, 1.54) is 17.5 Å². The Hall–Kier alpha value is -1.39. The Balaban J connectivity index is 0.00000364. The first-order valence-corrected chi connectivity index (χ1v) is 10.1. The molecule has 3 N–H and O–H groups in total. The lowest BCUT2D eigenvalue weighted by Crippen LogP contribution is -2.40. The van der Waals surface area contributed by atoms with Crippen molar-refractivity contribution in [1.29, 1.82) is 0 Å². The number of benzene rings is 1. The van der Waals surface area contributed by atoms with Crippen LogP contribution in [-0.4, -0.2) is 64.6 Å². The molecule has 1 aliphatic heterocycles. The van der Waals surface area contributed by atoms with Gasteiger partial charge in [-0.25, -0.2) is 8.42 Å². The molecule has 1 heterocycles. The van der Waals surface area contributed by atoms with Gasteiger partial charge in [-0.3, -0.25) is 4.79 Å². The molecule has 0 bridgehead atoms. The average molecular weight is 422 g/mol. The van der Waals surface area contributed by atoms with Crippen LogP contribution in [0, 0.1) is 0 Å². The summed E-state index contributed by atoms with van der Waals surface area (Å²) < 4.78 is 37.7. The number of carbonyl (C=O) groups excluding carboxylic acids is 1. The number of sulfonamides is 1. The van der Waals surface area contributed by atoms with Crippen LogP contribution in [-0.2, 0) is 26.0 Å². The molecule has 1 amide bonds. The van der Waals surface area contributed by atoms with Gasteiger partial charge in [0.1, 0.15) is 10.6 Å². The highest BCUT2D eigenvalue weighted by atomic mass is 35.5. The van der Waals surface area contributed by atoms with Crippen molar-refractivity contribution in [2.45, 2.75) is 30.7 Å². The van der Waals surface area contributed by atoms with Crippen molar-refractivity contribution < 1.29 is 22.7 Å². The van der Waals surface area contributed by atoms with E-state index in [4.69, 9.17) is 15.2 Å². The van der Waals surface area contributed by atoms with Crippen molar-refractivity contribution in [3.8, 4) is 5.75 Å². The van der Waals surface area contributed by atoms with Crippen molar-refractivity contribution in [3.05, 3.63) is 23.8 Å². The normalized spacial score (nSPS) is 16.3. The molecule has 154 valence electrons. The monoisotopic (exact) mass is 421 g/mol. The highest BCUT2D eigenvalue weighted by Gasteiger charge is 2.29. The number of ether oxygens (including phenoxy) is 2. The molecule has 1 unspecified atom stereocenters. The summed E-state index contributed by atoms with van der Waals surface area (Å²) in [6.07, 6.45) is 0.777. The highest BCUT2D eigenvalue weighted by Crippen LogP contribution is 2.28. The lowest BCUT2D eigenvalue weighted by molar-refractivity contribution is -0.120. The number of amides is 1. The van der Waals surface area contributed by atoms with Gasteiger partial charge in [-0.05, 0) is 31.0 Å². The highest BCUT2D eigenvalue weighted by molar-refractivity contribution is 7.89. The van der Waals surface area contributed by atoms with Gasteiger partial charge in [0.2, 0.25) is 15.9 Å². The molecular weight excluding hydrogens is 394 g/mol. The minimum Gasteiger partial charge on any atom is -0.495 e. The number of hydrogen-bond donors (Lipinski definition) is 2. The number of rotatable bonds is 8. The van der Waals surface area contributed by atoms with E-state index in [9.17, 15) is 13.2 Å². The zero-order valence-electron chi connectivity index (χ0n) is 15.6. The van der Waals surface area contributed by atoms with Gasteiger partial charge in [0.25, 0.3) is 0 Å². The van der Waals surface area contributed by atoms with Gasteiger partial charge >= 0.3 is 0 Å². The van der Waals surface area contributed by atoms with Gasteiger partial charge in [-0.15, -0.1) is 12.4 Å². The molecule has 1 saturated heterocycles. The summed E-state index contributed by atoms with van der Waals surface area (Å²) in [5.41, 5.74) is 6.26. The predicted molar refractivity (Wildman–Crippen MR) is 105 cm³/mol. The molecule has 0 aliphatic carbocycles. The van der Waals surface area contributed by atoms with Crippen molar-refractivity contribution in [2.75, 3.05) is 40.0 Å². The Morgan fingerprint density at radius 1 is 1.37 bits per heavy atom. The topological polar surface area (TPSA) is 111 Å². The Labute approximate surface area is 166 Å². The van der Waals surface area contributed by atoms with Crippen LogP contribution < -0.4 is 15.8 Å². The number of morpholine rings is 1. The summed E-state index contributed by atoms with van der Waals surface area (Å²) >= 11 is 0. The maximum Gasteiger partial charge on any atom is 0.246 e. The largest absolute Gasteiger partial charge is 0.495 e. The second-order valence-electron chi connectivity index (χ2n) is 6.29. The quantitative estimate of drug-likeness (QED) is 0.633. The van der Waals surface area contributed by atoms with Crippen LogP contribution in [0.15, 0.2) is 23.1 Å². The van der Waals surface area contributed by atoms with Gasteiger partial charge in [-0.2, -0.15) is 4.31 Å². The minimum absolute atomic E-state index is 0. The van der Waals surface area contributed by atoms with Gasteiger partial charge in [0, 0.05) is 25.7 Å². The number of nitrogens with zero attached hydrogens (tertiary/aromatic N) is 1. The summed E-state index contributed by atoms with van der Waals surface area (Å²) in [4.78, 5) is 12.1. The summed E-state index contributed by atoms with van der Waals surface area (Å²) in [5, 5.41) is 2.79. The van der Waals surface area contributed by atoms with E-state index in [1.807, 2.05) is 6.92 Å². The van der Waals surface area contributed by atoms with Gasteiger partial charge in [-0.1, -0.05) is 6.07 Å². The maximum absolute atomic E-state index is 12.9. The molecule has 1 fully saturated rings. The van der Waals surface area contributed by atoms with Crippen molar-refractivity contribution >= 4 is 28.3 Å². The molecule has 10 heteroatoms. The smallest absolute Gasteiger partial charge is 0.246 e. The van der Waals surface area contributed by atoms with Crippen molar-refractivity contribution in [2.24, 2.45) is 5.73 Å². The third-order valence-corrected chi connectivity index (χ3v) is 6.02. The molecule has 2 rings (SSSR count). The van der Waals surface area contributed by atoms with Crippen LogP contribution >= 0.6 is 12.4 Å². The fourth-order valence-corrected chi connectivity index (χ4v) is 4.26. The molecule has 1 aromatic rings. The van der Waals surface area contributed by atoms with Gasteiger partial charge in [0.05, 0.1) is 26.7 Å². The van der Waals surface area contributed by atoms with E-state index < -0.39 is 10.0 Å². The van der Waals surface area contributed by atoms with Crippen LogP contribution in [0.5, 0.6) is 5.75 Å². The van der Waals surface area contributed by atoms with Crippen LogP contribution in [0.2, 0.25) is 0 Å². The molecule has 8 nitrogen and oxygen atoms in total. The Morgan fingerprint density at radius 3 is 2.63 bits per heavy atom. The summed E-state index contributed by atoms with van der Waals surface area (Å²) in [6.45, 7) is 3.69. The number of halogens is 1. The summed E-state index contributed by atoms with van der Waals surface area (Å²) in [7, 11) is -2.29. The van der Waals surface area contributed by atoms with Gasteiger partial charge < -0.3 is 20.5 Å². The lowest BCUT2D eigenvalue weighted by atomic mass is 10.1. The lowest BCUT2D eigenvalue weighted by Gasteiger charge is -2.26. The predicted octanol–water partition coefficient (Wildman–Crippen LogP) is 0.534. The fourth-order valence-electron chi connectivity index (χ4n) is 2.65. The van der Waals surface area contributed by atoms with Crippen LogP contribution in [0.3, 0.4) is 0 Å². The van der Waals surface area contributed by atoms with Gasteiger partial charge in [0.15, 0.2) is 0 Å². The molecule has 1 aliphatic rings. The van der Waals surface area contributed by atoms with E-state index in [-0.39, 0.29) is 41.4 Å². The SMILES string of the molecule is COc1ccc(CC(=O)NCCC(C)N)cc1S(=O)(=O)N1CCOCC1.Cl. The summed E-state index contributed by atoms with van der Waals surface area (Å²) in [6, 6.07) is 4.80. The number of hydrogen-bond acceptors (Lipinski definition) is 6. The van der Waals surface area contributed by atoms with E-state index in [1.54, 1.807) is 12.1 Å². The van der Waals surface area contributed by atoms with E-state index in [0.717, 1.165) is 0 Å². The molecule has 0 aromatic heterocycles. The second-order valence-corrected chi connectivity index (χ2v) is 8.20. The molecule has 27 heavy (non-hydrogen) atoms. The first kappa shape index (κ1) is 23.6. The first-order chi connectivity index (χ1) is 12.3. The molecule has 0 spiro atoms. The Bertz CT molecular complexity index is 721. The third kappa shape index (κ3) is 6.62. The number of nitrogens with two attached hydrogens (primary N) is 1. The zero-order chi connectivity index (χ0) is 19.2. The molecule has 1 atom stereocenters. The van der Waals surface area contributed by atoms with E-state index in [0.29, 0.717) is 44.8 Å². The maximum atomic E-state index is 12.9. The average Bonchev–Trinajstić information content (AvgIpc) is 2.62. The molecule has 0 saturated carbocycles. The first-order valence-electron chi connectivity index (χ1n) is 8.61. The fraction of sp³-hybridized carbons (Fsp3) is 0.588. The van der Waals surface area contributed by atoms with E-state index >= 15 is 0 Å². The third-order valence-electron chi connectivity index (χ3n) is 4.10. The molecular formula is C17H28ClN3O5S. The number of methoxy groups -OCH3 is 1. The molecule has 0 radical (unpaired) electrons.